The molecule has 1 aromatic heterocycles. The fourth-order valence-corrected chi connectivity index (χ4v) is 3.34. The minimum atomic E-state index is 0.676. The molecule has 1 aliphatic carbocycles. The number of nitrogens with one attached hydrogen (secondary N) is 1. The van der Waals surface area contributed by atoms with Gasteiger partial charge < -0.3 is 5.32 Å². The van der Waals surface area contributed by atoms with Crippen molar-refractivity contribution in [1.29, 1.82) is 0 Å². The molecule has 1 saturated heterocycles. The largest absolute Gasteiger partial charge is 0.312 e. The summed E-state index contributed by atoms with van der Waals surface area (Å²) >= 11 is 1.78. The van der Waals surface area contributed by atoms with Gasteiger partial charge in [0, 0.05) is 30.2 Å². The summed E-state index contributed by atoms with van der Waals surface area (Å²) in [5.41, 5.74) is 0. The number of thiazole rings is 1. The molecule has 0 amide bonds. The zero-order chi connectivity index (χ0) is 11.7. The maximum absolute atomic E-state index is 4.42. The van der Waals surface area contributed by atoms with Crippen molar-refractivity contribution >= 4 is 11.3 Å². The Morgan fingerprint density at radius 3 is 3.06 bits per heavy atom. The summed E-state index contributed by atoms with van der Waals surface area (Å²) < 4.78 is 0. The van der Waals surface area contributed by atoms with Gasteiger partial charge in [-0.05, 0) is 38.6 Å². The van der Waals surface area contributed by atoms with E-state index in [2.05, 4.69) is 27.5 Å². The number of nitrogens with zero attached hydrogens (tertiary/aromatic N) is 2. The van der Waals surface area contributed by atoms with Crippen LogP contribution in [0.25, 0.3) is 0 Å². The average molecular weight is 251 g/mol. The molecular weight excluding hydrogens is 230 g/mol. The Labute approximate surface area is 107 Å². The molecule has 4 heteroatoms. The van der Waals surface area contributed by atoms with Gasteiger partial charge in [-0.15, -0.1) is 11.3 Å². The van der Waals surface area contributed by atoms with E-state index in [1.165, 1.54) is 37.4 Å². The van der Waals surface area contributed by atoms with Crippen molar-refractivity contribution in [3.05, 3.63) is 16.6 Å². The molecule has 2 aliphatic rings. The molecule has 1 N–H and O–H groups in total. The first-order chi connectivity index (χ1) is 8.33. The maximum Gasteiger partial charge on any atom is 0.107 e. The van der Waals surface area contributed by atoms with E-state index < -0.39 is 0 Å². The van der Waals surface area contributed by atoms with E-state index in [0.717, 1.165) is 18.5 Å². The van der Waals surface area contributed by atoms with Crippen LogP contribution in [0.2, 0.25) is 0 Å². The van der Waals surface area contributed by atoms with Crippen LogP contribution in [0.3, 0.4) is 0 Å². The van der Waals surface area contributed by atoms with Crippen LogP contribution in [0.15, 0.2) is 11.6 Å². The van der Waals surface area contributed by atoms with Gasteiger partial charge >= 0.3 is 0 Å². The molecule has 1 saturated carbocycles. The van der Waals surface area contributed by atoms with E-state index in [4.69, 9.17) is 0 Å². The van der Waals surface area contributed by atoms with Crippen LogP contribution in [0.5, 0.6) is 0 Å². The molecular formula is C13H21N3S. The smallest absolute Gasteiger partial charge is 0.107 e. The first kappa shape index (κ1) is 11.6. The number of rotatable bonds is 3. The molecule has 3 rings (SSSR count). The van der Waals surface area contributed by atoms with Gasteiger partial charge in [-0.2, -0.15) is 0 Å². The van der Waals surface area contributed by atoms with Crippen LogP contribution < -0.4 is 5.32 Å². The fraction of sp³-hybridized carbons (Fsp3) is 0.769. The van der Waals surface area contributed by atoms with Gasteiger partial charge in [0.2, 0.25) is 0 Å². The van der Waals surface area contributed by atoms with Crippen LogP contribution in [-0.2, 0) is 6.54 Å². The molecule has 2 fully saturated rings. The highest BCUT2D eigenvalue weighted by Crippen LogP contribution is 2.34. The normalized spacial score (nSPS) is 31.4. The molecule has 2 atom stereocenters. The summed E-state index contributed by atoms with van der Waals surface area (Å²) in [6.07, 6.45) is 6.03. The lowest BCUT2D eigenvalue weighted by molar-refractivity contribution is 0.190. The standard InChI is InChI=1S/C13H21N3S/c1-10-4-5-14-12(11-2-3-11)8-16(10)9-13-15-6-7-17-13/h6-7,10-12,14H,2-5,8-9H2,1H3. The minimum absolute atomic E-state index is 0.676. The highest BCUT2D eigenvalue weighted by atomic mass is 32.1. The summed E-state index contributed by atoms with van der Waals surface area (Å²) in [7, 11) is 0. The van der Waals surface area contributed by atoms with Gasteiger partial charge in [0.05, 0.1) is 6.54 Å². The fourth-order valence-electron chi connectivity index (χ4n) is 2.70. The second-order valence-corrected chi connectivity index (χ2v) is 6.37. The second kappa shape index (κ2) is 5.04. The van der Waals surface area contributed by atoms with Crippen LogP contribution in [0.4, 0.5) is 0 Å². The Morgan fingerprint density at radius 2 is 2.35 bits per heavy atom. The van der Waals surface area contributed by atoms with Crippen molar-refractivity contribution in [3.8, 4) is 0 Å². The zero-order valence-corrected chi connectivity index (χ0v) is 11.2. The number of aromatic nitrogens is 1. The third-order valence-corrected chi connectivity index (χ3v) is 4.80. The third-order valence-electron chi connectivity index (χ3n) is 4.04. The highest BCUT2D eigenvalue weighted by molar-refractivity contribution is 7.09. The van der Waals surface area contributed by atoms with Crippen molar-refractivity contribution in [2.24, 2.45) is 5.92 Å². The first-order valence-corrected chi connectivity index (χ1v) is 7.56. The Hall–Kier alpha value is -0.450. The Balaban J connectivity index is 1.66. The van der Waals surface area contributed by atoms with Crippen molar-refractivity contribution in [2.45, 2.75) is 44.8 Å². The van der Waals surface area contributed by atoms with E-state index in [1.54, 1.807) is 11.3 Å². The minimum Gasteiger partial charge on any atom is -0.312 e. The van der Waals surface area contributed by atoms with E-state index >= 15 is 0 Å². The summed E-state index contributed by atoms with van der Waals surface area (Å²) in [4.78, 5) is 7.03. The summed E-state index contributed by atoms with van der Waals surface area (Å²) in [6, 6.07) is 1.40. The van der Waals surface area contributed by atoms with Gasteiger partial charge in [0.25, 0.3) is 0 Å². The van der Waals surface area contributed by atoms with E-state index in [1.807, 2.05) is 6.20 Å². The molecule has 17 heavy (non-hydrogen) atoms. The van der Waals surface area contributed by atoms with Gasteiger partial charge in [-0.1, -0.05) is 0 Å². The molecule has 0 aromatic carbocycles. The van der Waals surface area contributed by atoms with Crippen molar-refractivity contribution in [2.75, 3.05) is 13.1 Å². The molecule has 3 nitrogen and oxygen atoms in total. The van der Waals surface area contributed by atoms with Crippen molar-refractivity contribution in [3.63, 3.8) is 0 Å². The van der Waals surface area contributed by atoms with Gasteiger partial charge in [-0.25, -0.2) is 4.98 Å². The third kappa shape index (κ3) is 2.87. The van der Waals surface area contributed by atoms with Crippen molar-refractivity contribution in [1.82, 2.24) is 15.2 Å². The molecule has 0 bridgehead atoms. The van der Waals surface area contributed by atoms with Gasteiger partial charge in [-0.3, -0.25) is 4.90 Å². The lowest BCUT2D eigenvalue weighted by atomic mass is 10.1. The van der Waals surface area contributed by atoms with Crippen LogP contribution >= 0.6 is 11.3 Å². The van der Waals surface area contributed by atoms with Gasteiger partial charge in [0.1, 0.15) is 5.01 Å². The molecule has 2 heterocycles. The maximum atomic E-state index is 4.42. The predicted octanol–water partition coefficient (Wildman–Crippen LogP) is 2.11. The molecule has 0 radical (unpaired) electrons. The van der Waals surface area contributed by atoms with E-state index in [-0.39, 0.29) is 0 Å². The molecule has 1 aliphatic heterocycles. The van der Waals surface area contributed by atoms with Crippen molar-refractivity contribution < 1.29 is 0 Å². The van der Waals surface area contributed by atoms with Crippen LogP contribution in [0.1, 0.15) is 31.2 Å². The lowest BCUT2D eigenvalue weighted by Gasteiger charge is -2.28. The van der Waals surface area contributed by atoms with Crippen LogP contribution in [-0.4, -0.2) is 35.1 Å². The van der Waals surface area contributed by atoms with E-state index in [0.29, 0.717) is 6.04 Å². The second-order valence-electron chi connectivity index (χ2n) is 5.39. The van der Waals surface area contributed by atoms with Gasteiger partial charge in [0.15, 0.2) is 0 Å². The lowest BCUT2D eigenvalue weighted by Crippen LogP contribution is -2.40. The molecule has 1 aromatic rings. The summed E-state index contributed by atoms with van der Waals surface area (Å²) in [6.45, 7) is 5.76. The zero-order valence-electron chi connectivity index (χ0n) is 10.4. The average Bonchev–Trinajstić information content (AvgIpc) is 3.06. The molecule has 94 valence electrons. The Kier molecular flexibility index (Phi) is 3.45. The highest BCUT2D eigenvalue weighted by Gasteiger charge is 2.34. The molecule has 0 spiro atoms. The summed E-state index contributed by atoms with van der Waals surface area (Å²) in [5, 5.41) is 7.06. The topological polar surface area (TPSA) is 28.2 Å². The Morgan fingerprint density at radius 1 is 1.47 bits per heavy atom. The predicted molar refractivity (Wildman–Crippen MR) is 71.1 cm³/mol. The first-order valence-electron chi connectivity index (χ1n) is 6.69. The number of hydrogen-bond donors (Lipinski definition) is 1. The monoisotopic (exact) mass is 251 g/mol. The Bertz CT molecular complexity index is 348. The SMILES string of the molecule is CC1CCNC(C2CC2)CN1Cc1nccs1. The number of hydrogen-bond acceptors (Lipinski definition) is 4. The van der Waals surface area contributed by atoms with E-state index in [9.17, 15) is 0 Å². The van der Waals surface area contributed by atoms with Crippen LogP contribution in [0, 0.1) is 5.92 Å². The molecule has 2 unspecified atom stereocenters. The quantitative estimate of drug-likeness (QED) is 0.892. The summed E-state index contributed by atoms with van der Waals surface area (Å²) in [5.74, 6) is 0.944.